The van der Waals surface area contributed by atoms with E-state index < -0.39 is 9.84 Å². The summed E-state index contributed by atoms with van der Waals surface area (Å²) in [5, 5.41) is 7.85. The molecule has 0 atom stereocenters. The van der Waals surface area contributed by atoms with Gasteiger partial charge < -0.3 is 5.32 Å². The van der Waals surface area contributed by atoms with E-state index in [2.05, 4.69) is 16.8 Å². The minimum absolute atomic E-state index is 0.0955. The summed E-state index contributed by atoms with van der Waals surface area (Å²) < 4.78 is 24.1. The normalized spacial score (nSPS) is 11.7. The van der Waals surface area contributed by atoms with E-state index in [4.69, 9.17) is 11.6 Å². The van der Waals surface area contributed by atoms with E-state index in [0.717, 1.165) is 13.0 Å². The molecule has 0 bridgehead atoms. The van der Waals surface area contributed by atoms with Crippen LogP contribution in [-0.4, -0.2) is 27.3 Å². The van der Waals surface area contributed by atoms with Crippen LogP contribution in [0.3, 0.4) is 0 Å². The summed E-state index contributed by atoms with van der Waals surface area (Å²) in [5.74, 6) is 0.0955. The summed E-state index contributed by atoms with van der Waals surface area (Å²) in [7, 11) is -3.23. The Bertz CT molecular complexity index is 622. The number of hydrogen-bond acceptors (Lipinski definition) is 4. The van der Waals surface area contributed by atoms with E-state index in [1.807, 2.05) is 5.38 Å². The van der Waals surface area contributed by atoms with Gasteiger partial charge in [-0.1, -0.05) is 11.6 Å². The molecule has 0 unspecified atom stereocenters. The van der Waals surface area contributed by atoms with Gasteiger partial charge in [-0.15, -0.1) is 0 Å². The predicted molar refractivity (Wildman–Crippen MR) is 84.4 cm³/mol. The molecular formula is C14H16ClNO2S2. The smallest absolute Gasteiger partial charge is 0.179 e. The highest BCUT2D eigenvalue weighted by molar-refractivity contribution is 7.91. The van der Waals surface area contributed by atoms with Crippen LogP contribution in [0.4, 0.5) is 0 Å². The van der Waals surface area contributed by atoms with Crippen molar-refractivity contribution in [2.75, 3.05) is 18.8 Å². The van der Waals surface area contributed by atoms with E-state index >= 15 is 0 Å². The monoisotopic (exact) mass is 329 g/mol. The van der Waals surface area contributed by atoms with Crippen molar-refractivity contribution in [2.24, 2.45) is 0 Å². The summed E-state index contributed by atoms with van der Waals surface area (Å²) in [6.07, 6.45) is 0.921. The van der Waals surface area contributed by atoms with Gasteiger partial charge in [0.05, 0.1) is 10.6 Å². The Hall–Kier alpha value is -0.880. The van der Waals surface area contributed by atoms with Crippen LogP contribution in [-0.2, 0) is 16.3 Å². The van der Waals surface area contributed by atoms with Crippen LogP contribution >= 0.6 is 22.9 Å². The van der Waals surface area contributed by atoms with E-state index in [0.29, 0.717) is 16.5 Å². The third-order valence-corrected chi connectivity index (χ3v) is 5.61. The molecule has 1 aromatic carbocycles. The van der Waals surface area contributed by atoms with E-state index in [1.165, 1.54) is 5.56 Å². The Kier molecular flexibility index (Phi) is 5.60. The first kappa shape index (κ1) is 15.5. The van der Waals surface area contributed by atoms with Crippen molar-refractivity contribution in [3.63, 3.8) is 0 Å². The number of rotatable bonds is 7. The molecule has 1 N–H and O–H groups in total. The summed E-state index contributed by atoms with van der Waals surface area (Å²) in [4.78, 5) is 0.321. The molecule has 0 aliphatic carbocycles. The first-order valence-electron chi connectivity index (χ1n) is 6.28. The molecule has 20 heavy (non-hydrogen) atoms. The lowest BCUT2D eigenvalue weighted by molar-refractivity contribution is 0.591. The molecule has 0 amide bonds. The number of hydrogen-bond donors (Lipinski definition) is 1. The average Bonchev–Trinajstić information content (AvgIpc) is 2.92. The summed E-state index contributed by atoms with van der Waals surface area (Å²) in [5.41, 5.74) is 1.28. The lowest BCUT2D eigenvalue weighted by Crippen LogP contribution is -2.24. The zero-order chi connectivity index (χ0) is 14.4. The van der Waals surface area contributed by atoms with Crippen LogP contribution in [0.5, 0.6) is 0 Å². The quantitative estimate of drug-likeness (QED) is 0.794. The standard InChI is InChI=1S/C14H16ClNO2S2/c15-13-1-3-14(4-2-13)20(17,18)10-8-16-7-5-12-6-9-19-11-12/h1-4,6,9,11,16H,5,7-8,10H2. The van der Waals surface area contributed by atoms with Crippen molar-refractivity contribution in [2.45, 2.75) is 11.3 Å². The van der Waals surface area contributed by atoms with Gasteiger partial charge in [-0.3, -0.25) is 0 Å². The van der Waals surface area contributed by atoms with Crippen molar-refractivity contribution in [3.8, 4) is 0 Å². The molecule has 0 aliphatic heterocycles. The summed E-state index contributed by atoms with van der Waals surface area (Å²) in [6, 6.07) is 8.36. The van der Waals surface area contributed by atoms with Crippen molar-refractivity contribution < 1.29 is 8.42 Å². The molecule has 0 aliphatic rings. The first-order chi connectivity index (χ1) is 9.58. The van der Waals surface area contributed by atoms with Crippen molar-refractivity contribution in [1.29, 1.82) is 0 Å². The highest BCUT2D eigenvalue weighted by Crippen LogP contribution is 2.15. The maximum atomic E-state index is 12.1. The fourth-order valence-electron chi connectivity index (χ4n) is 1.76. The van der Waals surface area contributed by atoms with Crippen molar-refractivity contribution in [1.82, 2.24) is 5.32 Å². The Labute approximate surface area is 128 Å². The number of nitrogens with one attached hydrogen (secondary N) is 1. The molecule has 0 spiro atoms. The molecule has 3 nitrogen and oxygen atoms in total. The zero-order valence-corrected chi connectivity index (χ0v) is 13.3. The molecule has 0 radical (unpaired) electrons. The maximum absolute atomic E-state index is 12.1. The number of benzene rings is 1. The Morgan fingerprint density at radius 2 is 1.85 bits per heavy atom. The van der Waals surface area contributed by atoms with Gasteiger partial charge in [0.15, 0.2) is 9.84 Å². The molecule has 108 valence electrons. The Morgan fingerprint density at radius 3 is 2.50 bits per heavy atom. The van der Waals surface area contributed by atoms with Crippen LogP contribution in [0.15, 0.2) is 46.0 Å². The minimum Gasteiger partial charge on any atom is -0.315 e. The minimum atomic E-state index is -3.23. The molecule has 1 heterocycles. The molecule has 0 fully saturated rings. The highest BCUT2D eigenvalue weighted by Gasteiger charge is 2.13. The van der Waals surface area contributed by atoms with E-state index in [9.17, 15) is 8.42 Å². The second-order valence-electron chi connectivity index (χ2n) is 4.40. The van der Waals surface area contributed by atoms with Gasteiger partial charge in [0.2, 0.25) is 0 Å². The highest BCUT2D eigenvalue weighted by atomic mass is 35.5. The summed E-state index contributed by atoms with van der Waals surface area (Å²) >= 11 is 7.42. The first-order valence-corrected chi connectivity index (χ1v) is 9.25. The van der Waals surface area contributed by atoms with Gasteiger partial charge in [0.1, 0.15) is 0 Å². The second kappa shape index (κ2) is 7.22. The zero-order valence-electron chi connectivity index (χ0n) is 10.9. The number of halogens is 1. The average molecular weight is 330 g/mol. The molecule has 0 saturated carbocycles. The fourth-order valence-corrected chi connectivity index (χ4v) is 3.79. The Balaban J connectivity index is 1.76. The molecule has 2 aromatic rings. The fraction of sp³-hybridized carbons (Fsp3) is 0.286. The lowest BCUT2D eigenvalue weighted by atomic mass is 10.2. The van der Waals surface area contributed by atoms with Gasteiger partial charge in [-0.25, -0.2) is 8.42 Å². The van der Waals surface area contributed by atoms with Crippen LogP contribution in [0.2, 0.25) is 5.02 Å². The third-order valence-electron chi connectivity index (χ3n) is 2.89. The van der Waals surface area contributed by atoms with E-state index in [1.54, 1.807) is 35.6 Å². The molecular weight excluding hydrogens is 314 g/mol. The molecule has 2 rings (SSSR count). The van der Waals surface area contributed by atoms with E-state index in [-0.39, 0.29) is 5.75 Å². The van der Waals surface area contributed by atoms with Gasteiger partial charge in [-0.05, 0) is 59.6 Å². The predicted octanol–water partition coefficient (Wildman–Crippen LogP) is 3.01. The van der Waals surface area contributed by atoms with Gasteiger partial charge in [0, 0.05) is 11.6 Å². The van der Waals surface area contributed by atoms with Crippen LogP contribution in [0, 0.1) is 0 Å². The van der Waals surface area contributed by atoms with Gasteiger partial charge in [0.25, 0.3) is 0 Å². The van der Waals surface area contributed by atoms with Crippen molar-refractivity contribution in [3.05, 3.63) is 51.7 Å². The molecule has 1 aromatic heterocycles. The van der Waals surface area contributed by atoms with Crippen LogP contribution in [0.25, 0.3) is 0 Å². The number of thiophene rings is 1. The van der Waals surface area contributed by atoms with Crippen LogP contribution in [0.1, 0.15) is 5.56 Å². The maximum Gasteiger partial charge on any atom is 0.179 e. The van der Waals surface area contributed by atoms with Gasteiger partial charge >= 0.3 is 0 Å². The molecule has 0 saturated heterocycles. The van der Waals surface area contributed by atoms with Gasteiger partial charge in [-0.2, -0.15) is 11.3 Å². The lowest BCUT2D eigenvalue weighted by Gasteiger charge is -2.06. The topological polar surface area (TPSA) is 46.2 Å². The summed E-state index contributed by atoms with van der Waals surface area (Å²) in [6.45, 7) is 1.24. The van der Waals surface area contributed by atoms with Crippen molar-refractivity contribution >= 4 is 32.8 Å². The third kappa shape index (κ3) is 4.59. The Morgan fingerprint density at radius 1 is 1.10 bits per heavy atom. The SMILES string of the molecule is O=S(=O)(CCNCCc1ccsc1)c1ccc(Cl)cc1. The van der Waals surface area contributed by atoms with Crippen LogP contribution < -0.4 is 5.32 Å². The number of sulfone groups is 1. The second-order valence-corrected chi connectivity index (χ2v) is 7.73. The largest absolute Gasteiger partial charge is 0.315 e. The molecule has 6 heteroatoms.